The Morgan fingerprint density at radius 3 is 1.14 bits per heavy atom. The lowest BCUT2D eigenvalue weighted by atomic mass is 9.93. The molecule has 0 amide bonds. The summed E-state index contributed by atoms with van der Waals surface area (Å²) in [6.07, 6.45) is 43.2. The van der Waals surface area contributed by atoms with Crippen molar-refractivity contribution in [3.8, 4) is 0 Å². The Morgan fingerprint density at radius 1 is 0.486 bits per heavy atom. The third kappa shape index (κ3) is 19.9. The fraction of sp³-hybridized carbons (Fsp3) is 0.914. The van der Waals surface area contributed by atoms with Crippen LogP contribution in [0.2, 0.25) is 0 Å². The number of aromatic amines is 1. The van der Waals surface area contributed by atoms with Gasteiger partial charge in [-0.1, -0.05) is 174 Å². The zero-order valence-corrected chi connectivity index (χ0v) is 26.0. The van der Waals surface area contributed by atoms with Gasteiger partial charge in [-0.2, -0.15) is 0 Å². The highest BCUT2D eigenvalue weighted by molar-refractivity contribution is 4.90. The molecule has 0 unspecified atom stereocenters. The number of nitrogens with one attached hydrogen (secondary N) is 1. The minimum Gasteiger partial charge on any atom is -0.247 e. The van der Waals surface area contributed by atoms with Gasteiger partial charge < -0.3 is 0 Å². The monoisotopic (exact) mass is 518 g/mol. The number of rotatable bonds is 29. The first-order valence-electron chi connectivity index (χ1n) is 17.4. The molecular weight excluding hydrogens is 448 g/mol. The fourth-order valence-electron chi connectivity index (χ4n) is 6.06. The Bertz CT molecular complexity index is 563. The molecular formula is C35H69N2+. The maximum atomic E-state index is 3.61. The molecule has 0 aromatic carbocycles. The van der Waals surface area contributed by atoms with Gasteiger partial charge in [-0.15, -0.1) is 0 Å². The van der Waals surface area contributed by atoms with Gasteiger partial charge in [0.15, 0.2) is 0 Å². The highest BCUT2D eigenvalue weighted by Crippen LogP contribution is 2.26. The summed E-state index contributed by atoms with van der Waals surface area (Å²) in [5.74, 6) is 2.22. The van der Waals surface area contributed by atoms with Crippen LogP contribution in [0, 0.1) is 0 Å². The largest absolute Gasteiger partial charge is 0.257 e. The van der Waals surface area contributed by atoms with E-state index >= 15 is 0 Å². The molecule has 218 valence electrons. The summed E-state index contributed by atoms with van der Waals surface area (Å²) in [5.41, 5.74) is 0. The first kappa shape index (κ1) is 34.2. The molecule has 0 fully saturated rings. The molecule has 1 aromatic heterocycles. The molecule has 0 spiro atoms. The van der Waals surface area contributed by atoms with E-state index in [2.05, 4.69) is 42.7 Å². The average molecular weight is 518 g/mol. The van der Waals surface area contributed by atoms with Gasteiger partial charge in [-0.05, 0) is 19.8 Å². The topological polar surface area (TPSA) is 19.7 Å². The molecule has 0 aliphatic rings. The molecule has 0 radical (unpaired) electrons. The Labute approximate surface area is 234 Å². The zero-order valence-electron chi connectivity index (χ0n) is 26.0. The molecule has 1 atom stereocenters. The van der Waals surface area contributed by atoms with Crippen LogP contribution >= 0.6 is 0 Å². The lowest BCUT2D eigenvalue weighted by Crippen LogP contribution is -2.36. The summed E-state index contributed by atoms with van der Waals surface area (Å²) in [5, 5.41) is 0. The minimum atomic E-state index is 0.728. The first-order chi connectivity index (χ1) is 18.3. The molecule has 37 heavy (non-hydrogen) atoms. The number of imidazole rings is 1. The summed E-state index contributed by atoms with van der Waals surface area (Å²) < 4.78 is 2.45. The Morgan fingerprint density at radius 2 is 0.811 bits per heavy atom. The van der Waals surface area contributed by atoms with Gasteiger partial charge in [0.25, 0.3) is 5.82 Å². The highest BCUT2D eigenvalue weighted by Gasteiger charge is 2.21. The normalized spacial score (nSPS) is 12.4. The van der Waals surface area contributed by atoms with Crippen LogP contribution in [0.25, 0.3) is 0 Å². The summed E-state index contributed by atoms with van der Waals surface area (Å²) in [6, 6.07) is 0. The summed E-state index contributed by atoms with van der Waals surface area (Å²) in [4.78, 5) is 3.61. The molecule has 1 N–H and O–H groups in total. The van der Waals surface area contributed by atoms with Crippen molar-refractivity contribution in [3.63, 3.8) is 0 Å². The average Bonchev–Trinajstić information content (AvgIpc) is 3.39. The van der Waals surface area contributed by atoms with Gasteiger partial charge in [0.2, 0.25) is 0 Å². The van der Waals surface area contributed by atoms with Crippen LogP contribution in [-0.4, -0.2) is 4.98 Å². The summed E-state index contributed by atoms with van der Waals surface area (Å²) >= 11 is 0. The van der Waals surface area contributed by atoms with Gasteiger partial charge in [-0.3, -0.25) is 0 Å². The molecule has 1 aromatic rings. The van der Waals surface area contributed by atoms with Crippen molar-refractivity contribution in [1.29, 1.82) is 0 Å². The third-order valence-electron chi connectivity index (χ3n) is 8.58. The summed E-state index contributed by atoms with van der Waals surface area (Å²) in [6.45, 7) is 7.99. The maximum Gasteiger partial charge on any atom is 0.257 e. The smallest absolute Gasteiger partial charge is 0.247 e. The van der Waals surface area contributed by atoms with Gasteiger partial charge >= 0.3 is 0 Å². The second kappa shape index (κ2) is 26.8. The standard InChI is InChI=1S/C35H68N2/c1-4-7-9-11-13-15-17-18-19-21-23-25-27-29-31-34(35-36-32-33-37(35)6-3)30-28-26-24-22-20-16-14-12-10-8-5-2/h32-34H,4-31H2,1-3H3/p+1/t34-/m0/s1. The fourth-order valence-corrected chi connectivity index (χ4v) is 6.06. The van der Waals surface area contributed by atoms with Crippen molar-refractivity contribution >= 4 is 0 Å². The highest BCUT2D eigenvalue weighted by atomic mass is 15.1. The van der Waals surface area contributed by atoms with E-state index in [9.17, 15) is 0 Å². The second-order valence-electron chi connectivity index (χ2n) is 12.0. The van der Waals surface area contributed by atoms with Crippen molar-refractivity contribution in [1.82, 2.24) is 4.98 Å². The molecule has 0 aliphatic carbocycles. The quantitative estimate of drug-likeness (QED) is 0.0805. The molecule has 2 heteroatoms. The van der Waals surface area contributed by atoms with Crippen molar-refractivity contribution in [3.05, 3.63) is 18.2 Å². The maximum absolute atomic E-state index is 3.61. The number of aryl methyl sites for hydroxylation is 1. The van der Waals surface area contributed by atoms with E-state index in [-0.39, 0.29) is 0 Å². The van der Waals surface area contributed by atoms with Crippen LogP contribution in [0.4, 0.5) is 0 Å². The Balaban J connectivity index is 2.09. The van der Waals surface area contributed by atoms with E-state index in [1.54, 1.807) is 0 Å². The van der Waals surface area contributed by atoms with Crippen LogP contribution in [0.5, 0.6) is 0 Å². The SMILES string of the molecule is CCCCCCCCCCCCCCCC[C@H](CCCCCCCCCCCCC)c1[nH]cc[n+]1CC. The van der Waals surface area contributed by atoms with E-state index in [0.29, 0.717) is 0 Å². The first-order valence-corrected chi connectivity index (χ1v) is 17.4. The second-order valence-corrected chi connectivity index (χ2v) is 12.0. The molecule has 0 bridgehead atoms. The minimum absolute atomic E-state index is 0.728. The van der Waals surface area contributed by atoms with E-state index in [1.165, 1.54) is 179 Å². The predicted octanol–water partition coefficient (Wildman–Crippen LogP) is 12.0. The van der Waals surface area contributed by atoms with Crippen molar-refractivity contribution in [2.24, 2.45) is 0 Å². The molecule has 2 nitrogen and oxygen atoms in total. The molecule has 0 saturated carbocycles. The third-order valence-corrected chi connectivity index (χ3v) is 8.58. The molecule has 0 saturated heterocycles. The Kier molecular flexibility index (Phi) is 24.8. The Hall–Kier alpha value is -0.790. The molecule has 1 heterocycles. The van der Waals surface area contributed by atoms with Crippen LogP contribution in [0.1, 0.15) is 206 Å². The van der Waals surface area contributed by atoms with E-state index < -0.39 is 0 Å². The van der Waals surface area contributed by atoms with Crippen LogP contribution in [0.3, 0.4) is 0 Å². The van der Waals surface area contributed by atoms with E-state index in [0.717, 1.165) is 12.5 Å². The van der Waals surface area contributed by atoms with Gasteiger partial charge in [0, 0.05) is 0 Å². The van der Waals surface area contributed by atoms with Crippen LogP contribution < -0.4 is 4.57 Å². The number of nitrogens with zero attached hydrogens (tertiary/aromatic N) is 1. The van der Waals surface area contributed by atoms with Gasteiger partial charge in [0.05, 0.1) is 12.5 Å². The summed E-state index contributed by atoms with van der Waals surface area (Å²) in [7, 11) is 0. The number of unbranched alkanes of at least 4 members (excludes halogenated alkanes) is 23. The van der Waals surface area contributed by atoms with Gasteiger partial charge in [-0.25, -0.2) is 9.55 Å². The van der Waals surface area contributed by atoms with Crippen LogP contribution in [-0.2, 0) is 6.54 Å². The predicted molar refractivity (Wildman–Crippen MR) is 165 cm³/mol. The van der Waals surface area contributed by atoms with E-state index in [1.807, 2.05) is 0 Å². The number of H-pyrrole nitrogens is 1. The van der Waals surface area contributed by atoms with Crippen molar-refractivity contribution < 1.29 is 4.57 Å². The van der Waals surface area contributed by atoms with Crippen molar-refractivity contribution in [2.45, 2.75) is 207 Å². The van der Waals surface area contributed by atoms with E-state index in [4.69, 9.17) is 0 Å². The zero-order chi connectivity index (χ0) is 26.7. The van der Waals surface area contributed by atoms with Crippen molar-refractivity contribution in [2.75, 3.05) is 0 Å². The van der Waals surface area contributed by atoms with Gasteiger partial charge in [0.1, 0.15) is 12.4 Å². The molecule has 1 rings (SSSR count). The lowest BCUT2D eigenvalue weighted by Gasteiger charge is -2.14. The number of hydrogen-bond donors (Lipinski definition) is 1. The number of aromatic nitrogens is 2. The lowest BCUT2D eigenvalue weighted by molar-refractivity contribution is -0.701. The number of hydrogen-bond acceptors (Lipinski definition) is 0. The van der Waals surface area contributed by atoms with Crippen LogP contribution in [0.15, 0.2) is 12.4 Å². The molecule has 0 aliphatic heterocycles.